The lowest BCUT2D eigenvalue weighted by atomic mass is 9.91. The molecule has 2 aromatic carbocycles. The van der Waals surface area contributed by atoms with Gasteiger partial charge in [0.25, 0.3) is 0 Å². The molecule has 1 fully saturated rings. The fourth-order valence-electron chi connectivity index (χ4n) is 3.72. The monoisotopic (exact) mass is 446 g/mol. The molecule has 1 heterocycles. The molecule has 2 N–H and O–H groups in total. The van der Waals surface area contributed by atoms with Gasteiger partial charge in [-0.1, -0.05) is 42.5 Å². The summed E-state index contributed by atoms with van der Waals surface area (Å²) in [6.07, 6.45) is 8.78. The number of para-hydroxylation sites is 1. The number of ether oxygens (including phenoxy) is 1. The molecule has 0 aromatic heterocycles. The van der Waals surface area contributed by atoms with Crippen LogP contribution in [0, 0.1) is 11.8 Å². The van der Waals surface area contributed by atoms with E-state index in [2.05, 4.69) is 15.8 Å². The molecule has 2 aromatic rings. The minimum atomic E-state index is -0.425. The standard InChI is InChI=1S/C24H22N4O3S/c1-31-21-12-11-16(14-25-27-24(32)26-18-7-3-2-4-8-18)13-17(21)15-28-22(29)19-9-5-6-10-20(19)23(28)30/h2-14,19-20H,15H2,1H3,(H2,26,27,32)/b25-14-/t19-,20-/m1/s1. The summed E-state index contributed by atoms with van der Waals surface area (Å²) in [4.78, 5) is 26.8. The van der Waals surface area contributed by atoms with E-state index in [-0.39, 0.29) is 18.4 Å². The van der Waals surface area contributed by atoms with Crippen LogP contribution < -0.4 is 15.5 Å². The number of thiocarbonyl (C=S) groups is 1. The van der Waals surface area contributed by atoms with Crippen LogP contribution in [0.15, 0.2) is 77.9 Å². The van der Waals surface area contributed by atoms with E-state index in [4.69, 9.17) is 17.0 Å². The largest absolute Gasteiger partial charge is 0.496 e. The van der Waals surface area contributed by atoms with Gasteiger partial charge in [-0.05, 0) is 48.1 Å². The van der Waals surface area contributed by atoms with Crippen molar-refractivity contribution >= 4 is 41.0 Å². The SMILES string of the molecule is COc1ccc(/C=N\NC(=S)Nc2ccccc2)cc1CN1C(=O)[C@@H]2C=CC=C[C@H]2C1=O. The van der Waals surface area contributed by atoms with Gasteiger partial charge >= 0.3 is 0 Å². The van der Waals surface area contributed by atoms with Crippen LogP contribution >= 0.6 is 12.2 Å². The molecule has 0 radical (unpaired) electrons. The van der Waals surface area contributed by atoms with Crippen LogP contribution in [0.2, 0.25) is 0 Å². The average molecular weight is 447 g/mol. The molecule has 4 rings (SSSR count). The van der Waals surface area contributed by atoms with Gasteiger partial charge in [-0.2, -0.15) is 5.10 Å². The van der Waals surface area contributed by atoms with Crippen LogP contribution in [0.4, 0.5) is 5.69 Å². The summed E-state index contributed by atoms with van der Waals surface area (Å²) in [5.74, 6) is -0.643. The second kappa shape index (κ2) is 9.57. The lowest BCUT2D eigenvalue weighted by Gasteiger charge is -2.17. The number of nitrogens with one attached hydrogen (secondary N) is 2. The predicted molar refractivity (Wildman–Crippen MR) is 127 cm³/mol. The summed E-state index contributed by atoms with van der Waals surface area (Å²) in [6, 6.07) is 15.0. The third kappa shape index (κ3) is 4.60. The van der Waals surface area contributed by atoms with Crippen LogP contribution in [0.3, 0.4) is 0 Å². The van der Waals surface area contributed by atoms with E-state index in [1.54, 1.807) is 43.7 Å². The van der Waals surface area contributed by atoms with Gasteiger partial charge in [0.15, 0.2) is 5.11 Å². The number of hydrogen-bond donors (Lipinski definition) is 2. The molecule has 0 bridgehead atoms. The van der Waals surface area contributed by atoms with Crippen molar-refractivity contribution in [2.24, 2.45) is 16.9 Å². The third-order valence-electron chi connectivity index (χ3n) is 5.28. The number of rotatable bonds is 6. The number of methoxy groups -OCH3 is 1. The molecule has 2 atom stereocenters. The summed E-state index contributed by atoms with van der Waals surface area (Å²) in [7, 11) is 1.56. The van der Waals surface area contributed by atoms with Crippen molar-refractivity contribution in [3.8, 4) is 5.75 Å². The maximum atomic E-state index is 12.8. The molecular formula is C24H22N4O3S. The highest BCUT2D eigenvalue weighted by atomic mass is 32.1. The quantitative estimate of drug-likeness (QED) is 0.307. The Labute approximate surface area is 191 Å². The van der Waals surface area contributed by atoms with Gasteiger partial charge in [-0.25, -0.2) is 0 Å². The number of benzene rings is 2. The summed E-state index contributed by atoms with van der Waals surface area (Å²) >= 11 is 5.24. The topological polar surface area (TPSA) is 83.0 Å². The molecule has 1 saturated heterocycles. The second-order valence-corrected chi connectivity index (χ2v) is 7.75. The Morgan fingerprint density at radius 2 is 1.78 bits per heavy atom. The van der Waals surface area contributed by atoms with Crippen molar-refractivity contribution in [2.75, 3.05) is 12.4 Å². The van der Waals surface area contributed by atoms with Gasteiger partial charge in [0.05, 0.1) is 31.7 Å². The highest BCUT2D eigenvalue weighted by Crippen LogP contribution is 2.33. The average Bonchev–Trinajstić information content (AvgIpc) is 3.05. The molecule has 8 heteroatoms. The lowest BCUT2D eigenvalue weighted by molar-refractivity contribution is -0.140. The Hall–Kier alpha value is -3.78. The number of hydrazone groups is 1. The van der Waals surface area contributed by atoms with Gasteiger partial charge in [0.2, 0.25) is 11.8 Å². The molecule has 1 aliphatic carbocycles. The maximum absolute atomic E-state index is 12.8. The number of imide groups is 1. The van der Waals surface area contributed by atoms with E-state index in [0.29, 0.717) is 10.9 Å². The van der Waals surface area contributed by atoms with Crippen molar-refractivity contribution in [1.82, 2.24) is 10.3 Å². The van der Waals surface area contributed by atoms with Crippen LogP contribution in [-0.4, -0.2) is 35.2 Å². The van der Waals surface area contributed by atoms with E-state index in [0.717, 1.165) is 16.8 Å². The minimum absolute atomic E-state index is 0.138. The first kappa shape index (κ1) is 21.5. The first-order valence-electron chi connectivity index (χ1n) is 10.1. The van der Waals surface area contributed by atoms with E-state index in [1.807, 2.05) is 42.5 Å². The van der Waals surface area contributed by atoms with E-state index in [9.17, 15) is 9.59 Å². The third-order valence-corrected chi connectivity index (χ3v) is 5.47. The Morgan fingerprint density at radius 1 is 1.09 bits per heavy atom. The molecule has 0 unspecified atom stereocenters. The maximum Gasteiger partial charge on any atom is 0.237 e. The number of carbonyl (C=O) groups is 2. The Bertz CT molecular complexity index is 1100. The first-order valence-corrected chi connectivity index (χ1v) is 10.5. The summed E-state index contributed by atoms with van der Waals surface area (Å²) < 4.78 is 5.44. The van der Waals surface area contributed by atoms with Crippen molar-refractivity contribution < 1.29 is 14.3 Å². The zero-order valence-corrected chi connectivity index (χ0v) is 18.2. The number of nitrogens with zero attached hydrogens (tertiary/aromatic N) is 2. The van der Waals surface area contributed by atoms with Crippen LogP contribution in [0.1, 0.15) is 11.1 Å². The summed E-state index contributed by atoms with van der Waals surface area (Å²) in [6.45, 7) is 0.138. The van der Waals surface area contributed by atoms with Gasteiger partial charge in [-0.3, -0.25) is 19.9 Å². The van der Waals surface area contributed by atoms with Crippen molar-refractivity contribution in [3.05, 3.63) is 84.0 Å². The van der Waals surface area contributed by atoms with E-state index in [1.165, 1.54) is 4.90 Å². The molecule has 0 saturated carbocycles. The number of likely N-dealkylation sites (tertiary alicyclic amines) is 1. The Kier molecular flexibility index (Phi) is 6.42. The zero-order valence-electron chi connectivity index (χ0n) is 17.4. The number of fused-ring (bicyclic) bond motifs is 1. The fraction of sp³-hybridized carbons (Fsp3) is 0.167. The summed E-state index contributed by atoms with van der Waals surface area (Å²) in [5.41, 5.74) is 5.12. The van der Waals surface area contributed by atoms with Crippen LogP contribution in [-0.2, 0) is 16.1 Å². The first-order chi connectivity index (χ1) is 15.6. The second-order valence-electron chi connectivity index (χ2n) is 7.35. The fourth-order valence-corrected chi connectivity index (χ4v) is 3.89. The van der Waals surface area contributed by atoms with Crippen molar-refractivity contribution in [1.29, 1.82) is 0 Å². The molecule has 0 spiro atoms. The highest BCUT2D eigenvalue weighted by molar-refractivity contribution is 7.80. The van der Waals surface area contributed by atoms with Crippen LogP contribution in [0.5, 0.6) is 5.75 Å². The molecule has 7 nitrogen and oxygen atoms in total. The van der Waals surface area contributed by atoms with Gasteiger partial charge in [-0.15, -0.1) is 0 Å². The van der Waals surface area contributed by atoms with E-state index < -0.39 is 11.8 Å². The van der Waals surface area contributed by atoms with E-state index >= 15 is 0 Å². The van der Waals surface area contributed by atoms with Crippen molar-refractivity contribution in [2.45, 2.75) is 6.54 Å². The number of hydrogen-bond acceptors (Lipinski definition) is 5. The van der Waals surface area contributed by atoms with Crippen LogP contribution in [0.25, 0.3) is 0 Å². The molecule has 2 amide bonds. The van der Waals surface area contributed by atoms with Crippen molar-refractivity contribution in [3.63, 3.8) is 0 Å². The number of carbonyl (C=O) groups excluding carboxylic acids is 2. The molecule has 1 aliphatic heterocycles. The lowest BCUT2D eigenvalue weighted by Crippen LogP contribution is -2.30. The minimum Gasteiger partial charge on any atom is -0.496 e. The number of allylic oxidation sites excluding steroid dienone is 2. The predicted octanol–water partition coefficient (Wildman–Crippen LogP) is 3.24. The Morgan fingerprint density at radius 3 is 2.44 bits per heavy atom. The highest BCUT2D eigenvalue weighted by Gasteiger charge is 2.45. The molecule has 32 heavy (non-hydrogen) atoms. The zero-order chi connectivity index (χ0) is 22.5. The molecular weight excluding hydrogens is 424 g/mol. The smallest absolute Gasteiger partial charge is 0.237 e. The number of amides is 2. The summed E-state index contributed by atoms with van der Waals surface area (Å²) in [5, 5.41) is 7.56. The van der Waals surface area contributed by atoms with Gasteiger partial charge in [0.1, 0.15) is 5.75 Å². The number of anilines is 1. The normalized spacial score (nSPS) is 19.3. The molecule has 2 aliphatic rings. The Balaban J connectivity index is 1.44. The van der Waals surface area contributed by atoms with Gasteiger partial charge in [0, 0.05) is 11.3 Å². The molecule has 162 valence electrons. The van der Waals surface area contributed by atoms with Gasteiger partial charge < -0.3 is 10.1 Å².